The molecule has 0 aliphatic heterocycles. The number of nitrogens with one attached hydrogen (secondary N) is 1. The molecule has 2 aromatic rings. The fraction of sp³-hybridized carbons (Fsp3) is 0.385. The van der Waals surface area contributed by atoms with Crippen LogP contribution in [0.1, 0.15) is 26.8 Å². The number of hydrogen-bond donors (Lipinski definition) is 1. The minimum absolute atomic E-state index is 0.0712. The second-order valence-electron chi connectivity index (χ2n) is 5.17. The summed E-state index contributed by atoms with van der Waals surface area (Å²) in [6, 6.07) is 3.93. The first-order valence-corrected chi connectivity index (χ1v) is 8.24. The number of carbonyl (C=O) groups is 1. The van der Waals surface area contributed by atoms with Gasteiger partial charge in [0.1, 0.15) is 0 Å². The van der Waals surface area contributed by atoms with Crippen molar-refractivity contribution in [3.05, 3.63) is 33.3 Å². The topological polar surface area (TPSA) is 116 Å². The molecule has 1 N–H and O–H groups in total. The van der Waals surface area contributed by atoms with E-state index in [9.17, 15) is 14.9 Å². The lowest BCUT2D eigenvalue weighted by atomic mass is 10.2. The summed E-state index contributed by atoms with van der Waals surface area (Å²) in [6.07, 6.45) is 0. The zero-order chi connectivity index (χ0) is 17.9. The normalized spacial score (nSPS) is 12.2. The van der Waals surface area contributed by atoms with Gasteiger partial charge in [0.05, 0.1) is 26.9 Å². The monoisotopic (exact) mass is 370 g/mol. The third-order valence-corrected chi connectivity index (χ3v) is 4.38. The SMILES string of the molecule is CC(Sc1nnnn1C(C)C)C(=O)Nc1ccc([N+](=O)[O-])cc1Cl. The molecule has 2 rings (SSSR count). The van der Waals surface area contributed by atoms with Crippen molar-refractivity contribution in [3.8, 4) is 0 Å². The summed E-state index contributed by atoms with van der Waals surface area (Å²) in [5.74, 6) is -0.311. The van der Waals surface area contributed by atoms with E-state index in [-0.39, 0.29) is 22.7 Å². The molecule has 11 heteroatoms. The number of nitrogens with zero attached hydrogens (tertiary/aromatic N) is 5. The number of amides is 1. The van der Waals surface area contributed by atoms with Crippen LogP contribution in [0.25, 0.3) is 0 Å². The Morgan fingerprint density at radius 2 is 2.12 bits per heavy atom. The maximum atomic E-state index is 12.3. The van der Waals surface area contributed by atoms with Crippen LogP contribution < -0.4 is 5.32 Å². The molecule has 1 aromatic heterocycles. The number of nitro groups is 1. The molecule has 9 nitrogen and oxygen atoms in total. The van der Waals surface area contributed by atoms with Crippen molar-refractivity contribution >= 4 is 40.6 Å². The number of aromatic nitrogens is 4. The molecule has 128 valence electrons. The average molecular weight is 371 g/mol. The second-order valence-corrected chi connectivity index (χ2v) is 6.89. The molecule has 0 saturated heterocycles. The van der Waals surface area contributed by atoms with Crippen LogP contribution in [-0.4, -0.2) is 36.3 Å². The van der Waals surface area contributed by atoms with E-state index in [0.717, 1.165) is 0 Å². The second kappa shape index (κ2) is 7.58. The van der Waals surface area contributed by atoms with E-state index < -0.39 is 10.2 Å². The number of halogens is 1. The van der Waals surface area contributed by atoms with Gasteiger partial charge in [-0.2, -0.15) is 0 Å². The largest absolute Gasteiger partial charge is 0.324 e. The van der Waals surface area contributed by atoms with Crippen LogP contribution in [0.15, 0.2) is 23.4 Å². The number of rotatable bonds is 6. The highest BCUT2D eigenvalue weighted by molar-refractivity contribution is 8.00. The van der Waals surface area contributed by atoms with Crippen LogP contribution in [0, 0.1) is 10.1 Å². The van der Waals surface area contributed by atoms with E-state index in [0.29, 0.717) is 10.8 Å². The highest BCUT2D eigenvalue weighted by Crippen LogP contribution is 2.28. The lowest BCUT2D eigenvalue weighted by Gasteiger charge is -2.13. The molecule has 0 fully saturated rings. The van der Waals surface area contributed by atoms with Gasteiger partial charge >= 0.3 is 0 Å². The molecular formula is C13H15ClN6O3S. The van der Waals surface area contributed by atoms with Crippen molar-refractivity contribution in [3.63, 3.8) is 0 Å². The first kappa shape index (κ1) is 18.1. The Bertz CT molecular complexity index is 766. The fourth-order valence-electron chi connectivity index (χ4n) is 1.75. The van der Waals surface area contributed by atoms with E-state index >= 15 is 0 Å². The van der Waals surface area contributed by atoms with Crippen molar-refractivity contribution < 1.29 is 9.72 Å². The Balaban J connectivity index is 2.06. The maximum absolute atomic E-state index is 12.3. The molecule has 0 spiro atoms. The molecule has 0 radical (unpaired) electrons. The smallest absolute Gasteiger partial charge is 0.271 e. The van der Waals surface area contributed by atoms with Gasteiger partial charge in [-0.1, -0.05) is 23.4 Å². The van der Waals surface area contributed by atoms with Gasteiger partial charge in [0.25, 0.3) is 5.69 Å². The lowest BCUT2D eigenvalue weighted by Crippen LogP contribution is -2.23. The maximum Gasteiger partial charge on any atom is 0.271 e. The summed E-state index contributed by atoms with van der Waals surface area (Å²) < 4.78 is 1.62. The number of non-ortho nitro benzene ring substituents is 1. The lowest BCUT2D eigenvalue weighted by molar-refractivity contribution is -0.384. The predicted molar refractivity (Wildman–Crippen MR) is 90.3 cm³/mol. The van der Waals surface area contributed by atoms with E-state index in [2.05, 4.69) is 20.8 Å². The number of carbonyl (C=O) groups excluding carboxylic acids is 1. The molecule has 1 heterocycles. The molecule has 1 unspecified atom stereocenters. The van der Waals surface area contributed by atoms with Crippen LogP contribution in [0.3, 0.4) is 0 Å². The molecule has 24 heavy (non-hydrogen) atoms. The summed E-state index contributed by atoms with van der Waals surface area (Å²) in [4.78, 5) is 22.4. The fourth-order valence-corrected chi connectivity index (χ4v) is 2.90. The van der Waals surface area contributed by atoms with Crippen molar-refractivity contribution in [2.75, 3.05) is 5.32 Å². The van der Waals surface area contributed by atoms with Gasteiger partial charge in [-0.15, -0.1) is 5.10 Å². The van der Waals surface area contributed by atoms with E-state index in [1.807, 2.05) is 13.8 Å². The van der Waals surface area contributed by atoms with Gasteiger partial charge in [-0.05, 0) is 37.3 Å². The van der Waals surface area contributed by atoms with Crippen molar-refractivity contribution in [2.45, 2.75) is 37.2 Å². The van der Waals surface area contributed by atoms with Gasteiger partial charge < -0.3 is 5.32 Å². The number of tetrazole rings is 1. The Morgan fingerprint density at radius 3 is 2.71 bits per heavy atom. The Hall–Kier alpha value is -2.20. The van der Waals surface area contributed by atoms with E-state index in [1.54, 1.807) is 11.6 Å². The molecule has 0 aliphatic carbocycles. The zero-order valence-electron chi connectivity index (χ0n) is 13.1. The van der Waals surface area contributed by atoms with Crippen molar-refractivity contribution in [1.82, 2.24) is 20.2 Å². The molecule has 0 aliphatic rings. The summed E-state index contributed by atoms with van der Waals surface area (Å²) >= 11 is 7.18. The van der Waals surface area contributed by atoms with Crippen molar-refractivity contribution in [2.24, 2.45) is 0 Å². The number of benzene rings is 1. The highest BCUT2D eigenvalue weighted by atomic mass is 35.5. The number of nitro benzene ring substituents is 1. The summed E-state index contributed by atoms with van der Waals surface area (Å²) in [5, 5.41) is 24.9. The van der Waals surface area contributed by atoms with Crippen LogP contribution in [0.5, 0.6) is 0 Å². The third-order valence-electron chi connectivity index (χ3n) is 3.02. The molecule has 1 amide bonds. The molecule has 1 atom stereocenters. The minimum atomic E-state index is -0.554. The van der Waals surface area contributed by atoms with Gasteiger partial charge in [0.2, 0.25) is 11.1 Å². The Labute approximate surface area is 146 Å². The summed E-state index contributed by atoms with van der Waals surface area (Å²) in [7, 11) is 0. The van der Waals surface area contributed by atoms with Gasteiger partial charge in [-0.3, -0.25) is 14.9 Å². The summed E-state index contributed by atoms with van der Waals surface area (Å²) in [5.41, 5.74) is 0.166. The molecule has 1 aromatic carbocycles. The molecule has 0 bridgehead atoms. The predicted octanol–water partition coefficient (Wildman–Crippen LogP) is 2.93. The highest BCUT2D eigenvalue weighted by Gasteiger charge is 2.21. The third kappa shape index (κ3) is 4.20. The Morgan fingerprint density at radius 1 is 1.42 bits per heavy atom. The summed E-state index contributed by atoms with van der Waals surface area (Å²) in [6.45, 7) is 5.57. The van der Waals surface area contributed by atoms with Crippen molar-refractivity contribution in [1.29, 1.82) is 0 Å². The first-order chi connectivity index (χ1) is 11.3. The van der Waals surface area contributed by atoms with Crippen LogP contribution in [-0.2, 0) is 4.79 Å². The number of hydrogen-bond acceptors (Lipinski definition) is 7. The van der Waals surface area contributed by atoms with Gasteiger partial charge in [-0.25, -0.2) is 4.68 Å². The first-order valence-electron chi connectivity index (χ1n) is 6.99. The zero-order valence-corrected chi connectivity index (χ0v) is 14.7. The quantitative estimate of drug-likeness (QED) is 0.472. The van der Waals surface area contributed by atoms with Gasteiger partial charge in [0.15, 0.2) is 0 Å². The van der Waals surface area contributed by atoms with E-state index in [4.69, 9.17) is 11.6 Å². The van der Waals surface area contributed by atoms with Crippen LogP contribution >= 0.6 is 23.4 Å². The Kier molecular flexibility index (Phi) is 5.73. The van der Waals surface area contributed by atoms with Crippen LogP contribution in [0.4, 0.5) is 11.4 Å². The molecule has 0 saturated carbocycles. The van der Waals surface area contributed by atoms with E-state index in [1.165, 1.54) is 30.0 Å². The number of anilines is 1. The van der Waals surface area contributed by atoms with Gasteiger partial charge in [0, 0.05) is 12.1 Å². The molecular weight excluding hydrogens is 356 g/mol. The van der Waals surface area contributed by atoms with Crippen LogP contribution in [0.2, 0.25) is 5.02 Å². The average Bonchev–Trinajstić information content (AvgIpc) is 2.97. The minimum Gasteiger partial charge on any atom is -0.324 e. The standard InChI is InChI=1S/C13H15ClN6O3S/c1-7(2)19-13(16-17-18-19)24-8(3)12(21)15-11-5-4-9(20(22)23)6-10(11)14/h4-8H,1-3H3,(H,15,21). The number of thioether (sulfide) groups is 1.